The molecule has 1 heteroatoms. The van der Waals surface area contributed by atoms with Crippen molar-refractivity contribution < 1.29 is 0 Å². The van der Waals surface area contributed by atoms with E-state index in [0.717, 1.165) is 0 Å². The molecule has 178 valence electrons. The summed E-state index contributed by atoms with van der Waals surface area (Å²) in [7, 11) is 0. The van der Waals surface area contributed by atoms with Crippen LogP contribution in [0.5, 0.6) is 0 Å². The monoisotopic (exact) mass is 427 g/mol. The molecule has 0 bridgehead atoms. The van der Waals surface area contributed by atoms with E-state index < -0.39 is 0 Å². The van der Waals surface area contributed by atoms with Crippen LogP contribution >= 0.6 is 0 Å². The third kappa shape index (κ3) is 9.68. The van der Waals surface area contributed by atoms with Gasteiger partial charge in [-0.05, 0) is 44.3 Å². The van der Waals surface area contributed by atoms with E-state index in [2.05, 4.69) is 49.1 Å². The average molecular weight is 428 g/mol. The van der Waals surface area contributed by atoms with Gasteiger partial charge >= 0.3 is 0 Å². The molecule has 1 atom stereocenters. The molecule has 31 heavy (non-hydrogen) atoms. The maximum absolute atomic E-state index is 2.81. The summed E-state index contributed by atoms with van der Waals surface area (Å²) in [5.74, 6) is 0. The molecular weight excluding hydrogens is 374 g/mol. The summed E-state index contributed by atoms with van der Waals surface area (Å²) in [6.07, 6.45) is 27.0. The van der Waals surface area contributed by atoms with Crippen molar-refractivity contribution in [3.8, 4) is 0 Å². The summed E-state index contributed by atoms with van der Waals surface area (Å²) in [6.45, 7) is 7.30. The Morgan fingerprint density at radius 3 is 1.52 bits per heavy atom. The van der Waals surface area contributed by atoms with Gasteiger partial charge in [0.2, 0.25) is 0 Å². The molecule has 1 fully saturated rings. The summed E-state index contributed by atoms with van der Waals surface area (Å²) >= 11 is 0. The summed E-state index contributed by atoms with van der Waals surface area (Å²) in [5, 5.41) is 0. The minimum Gasteiger partial charge on any atom is -0.294 e. The van der Waals surface area contributed by atoms with Crippen LogP contribution in [0.25, 0.3) is 0 Å². The van der Waals surface area contributed by atoms with Crippen molar-refractivity contribution in [3.63, 3.8) is 0 Å². The van der Waals surface area contributed by atoms with Gasteiger partial charge in [0.15, 0.2) is 0 Å². The first kappa shape index (κ1) is 26.4. The van der Waals surface area contributed by atoms with Gasteiger partial charge in [0.25, 0.3) is 0 Å². The number of hydrogen-bond acceptors (Lipinski definition) is 1. The second-order valence-electron chi connectivity index (χ2n) is 10.1. The van der Waals surface area contributed by atoms with Crippen molar-refractivity contribution in [2.45, 2.75) is 141 Å². The maximum Gasteiger partial charge on any atom is 0.0458 e. The number of benzene rings is 1. The Balaban J connectivity index is 1.54. The highest BCUT2D eigenvalue weighted by atomic mass is 15.2. The minimum atomic E-state index is 0.286. The molecule has 2 rings (SSSR count). The lowest BCUT2D eigenvalue weighted by atomic mass is 9.80. The van der Waals surface area contributed by atoms with Crippen molar-refractivity contribution in [1.82, 2.24) is 4.90 Å². The highest BCUT2D eigenvalue weighted by Crippen LogP contribution is 2.39. The zero-order valence-corrected chi connectivity index (χ0v) is 21.2. The van der Waals surface area contributed by atoms with Gasteiger partial charge in [0.05, 0.1) is 0 Å². The zero-order valence-electron chi connectivity index (χ0n) is 21.2. The summed E-state index contributed by atoms with van der Waals surface area (Å²) in [5.41, 5.74) is 1.85. The van der Waals surface area contributed by atoms with Crippen LogP contribution in [0.1, 0.15) is 141 Å². The van der Waals surface area contributed by atoms with Crippen LogP contribution in [0.4, 0.5) is 0 Å². The summed E-state index contributed by atoms with van der Waals surface area (Å²) in [4.78, 5) is 2.81. The molecule has 0 aliphatic carbocycles. The van der Waals surface area contributed by atoms with Gasteiger partial charge < -0.3 is 0 Å². The van der Waals surface area contributed by atoms with Gasteiger partial charge in [-0.15, -0.1) is 0 Å². The van der Waals surface area contributed by atoms with E-state index in [4.69, 9.17) is 0 Å². The number of likely N-dealkylation sites (tertiary alicyclic amines) is 1. The maximum atomic E-state index is 2.81. The van der Waals surface area contributed by atoms with E-state index in [1.807, 2.05) is 0 Å². The first-order chi connectivity index (χ1) is 15.3. The molecule has 1 aromatic carbocycles. The highest BCUT2D eigenvalue weighted by molar-refractivity contribution is 5.25. The second-order valence-corrected chi connectivity index (χ2v) is 10.1. The van der Waals surface area contributed by atoms with Crippen molar-refractivity contribution >= 4 is 0 Å². The standard InChI is InChI=1S/C30H53N/c1-3-5-6-7-8-9-10-11-12-13-14-15-16-17-21-26-30(4-2,31-27-22-23-28-31)29-24-19-18-20-25-29/h18-20,24-25H,3-17,21-23,26-28H2,1-2H3. The molecule has 1 heterocycles. The Morgan fingerprint density at radius 2 is 1.06 bits per heavy atom. The van der Waals surface area contributed by atoms with Crippen LogP contribution in [-0.4, -0.2) is 18.0 Å². The molecule has 0 spiro atoms. The largest absolute Gasteiger partial charge is 0.294 e. The number of hydrogen-bond donors (Lipinski definition) is 0. The van der Waals surface area contributed by atoms with Crippen LogP contribution in [0, 0.1) is 0 Å². The average Bonchev–Trinajstić information content (AvgIpc) is 3.35. The molecule has 1 unspecified atom stereocenters. The predicted molar refractivity (Wildman–Crippen MR) is 139 cm³/mol. The number of rotatable bonds is 19. The van der Waals surface area contributed by atoms with Crippen LogP contribution in [0.15, 0.2) is 30.3 Å². The molecule has 0 aromatic heterocycles. The molecule has 1 saturated heterocycles. The Kier molecular flexibility index (Phi) is 14.3. The molecule has 0 saturated carbocycles. The molecule has 1 aromatic rings. The lowest BCUT2D eigenvalue weighted by molar-refractivity contribution is 0.0951. The van der Waals surface area contributed by atoms with Crippen molar-refractivity contribution in [1.29, 1.82) is 0 Å². The van der Waals surface area contributed by atoms with Crippen LogP contribution in [-0.2, 0) is 5.54 Å². The van der Waals surface area contributed by atoms with Crippen LogP contribution < -0.4 is 0 Å². The van der Waals surface area contributed by atoms with Crippen molar-refractivity contribution in [2.24, 2.45) is 0 Å². The van der Waals surface area contributed by atoms with Gasteiger partial charge in [0, 0.05) is 5.54 Å². The molecule has 1 nitrogen and oxygen atoms in total. The fraction of sp³-hybridized carbons (Fsp3) is 0.800. The van der Waals surface area contributed by atoms with Crippen LogP contribution in [0.3, 0.4) is 0 Å². The van der Waals surface area contributed by atoms with E-state index in [1.165, 1.54) is 135 Å². The Morgan fingerprint density at radius 1 is 0.613 bits per heavy atom. The van der Waals surface area contributed by atoms with Gasteiger partial charge in [-0.25, -0.2) is 0 Å². The third-order valence-electron chi connectivity index (χ3n) is 7.80. The molecule has 0 N–H and O–H groups in total. The van der Waals surface area contributed by atoms with Gasteiger partial charge in [-0.2, -0.15) is 0 Å². The lowest BCUT2D eigenvalue weighted by Gasteiger charge is -2.42. The number of unbranched alkanes of at least 4 members (excludes halogenated alkanes) is 14. The molecule has 1 aliphatic rings. The van der Waals surface area contributed by atoms with E-state index in [1.54, 1.807) is 5.56 Å². The molecule has 0 radical (unpaired) electrons. The van der Waals surface area contributed by atoms with Gasteiger partial charge in [-0.3, -0.25) is 4.90 Å². The fourth-order valence-corrected chi connectivity index (χ4v) is 5.77. The van der Waals surface area contributed by atoms with E-state index in [9.17, 15) is 0 Å². The van der Waals surface area contributed by atoms with Gasteiger partial charge in [0.1, 0.15) is 0 Å². The minimum absolute atomic E-state index is 0.286. The predicted octanol–water partition coefficient (Wildman–Crippen LogP) is 9.65. The Labute approximate surface area is 195 Å². The number of nitrogens with zero attached hydrogens (tertiary/aromatic N) is 1. The first-order valence-electron chi connectivity index (χ1n) is 14.1. The Hall–Kier alpha value is -0.820. The Bertz CT molecular complexity index is 518. The van der Waals surface area contributed by atoms with E-state index in [-0.39, 0.29) is 5.54 Å². The molecular formula is C30H53N. The lowest BCUT2D eigenvalue weighted by Crippen LogP contribution is -2.44. The fourth-order valence-electron chi connectivity index (χ4n) is 5.77. The smallest absolute Gasteiger partial charge is 0.0458 e. The van der Waals surface area contributed by atoms with E-state index in [0.29, 0.717) is 0 Å². The SMILES string of the molecule is CCCCCCCCCCCCCCCCCC(CC)(c1ccccc1)N1CCCC1. The molecule has 0 amide bonds. The van der Waals surface area contributed by atoms with E-state index >= 15 is 0 Å². The van der Waals surface area contributed by atoms with Crippen LogP contribution in [0.2, 0.25) is 0 Å². The topological polar surface area (TPSA) is 3.24 Å². The summed E-state index contributed by atoms with van der Waals surface area (Å²) in [6, 6.07) is 11.4. The highest BCUT2D eigenvalue weighted by Gasteiger charge is 2.37. The van der Waals surface area contributed by atoms with Crippen molar-refractivity contribution in [3.05, 3.63) is 35.9 Å². The second kappa shape index (κ2) is 16.8. The quantitative estimate of drug-likeness (QED) is 0.199. The van der Waals surface area contributed by atoms with Gasteiger partial charge in [-0.1, -0.05) is 140 Å². The molecule has 1 aliphatic heterocycles. The van der Waals surface area contributed by atoms with Crippen molar-refractivity contribution in [2.75, 3.05) is 13.1 Å². The summed E-state index contributed by atoms with van der Waals surface area (Å²) < 4.78 is 0. The first-order valence-corrected chi connectivity index (χ1v) is 14.1. The normalized spacial score (nSPS) is 16.6. The zero-order chi connectivity index (χ0) is 22.0. The third-order valence-corrected chi connectivity index (χ3v) is 7.80.